The fraction of sp³-hybridized carbons (Fsp3) is 0.700. The van der Waals surface area contributed by atoms with E-state index in [2.05, 4.69) is 0 Å². The number of rotatable bonds is 6. The van der Waals surface area contributed by atoms with E-state index >= 15 is 0 Å². The molecule has 0 heterocycles. The smallest absolute Gasteiger partial charge is 0.163 e. The van der Waals surface area contributed by atoms with Crippen LogP contribution >= 0.6 is 0 Å². The van der Waals surface area contributed by atoms with E-state index in [4.69, 9.17) is 5.11 Å². The Bertz CT molecular complexity index is 173. The number of Topliss-reactive ketones (excluding diaryl/α,β-unsaturated/α-hetero) is 1. The molecule has 2 unspecified atom stereocenters. The summed E-state index contributed by atoms with van der Waals surface area (Å²) in [6.07, 6.45) is 3.60. The molecule has 0 aliphatic carbocycles. The van der Waals surface area contributed by atoms with Crippen molar-refractivity contribution in [3.05, 3.63) is 12.2 Å². The van der Waals surface area contributed by atoms with Gasteiger partial charge in [0.1, 0.15) is 6.10 Å². The van der Waals surface area contributed by atoms with Crippen LogP contribution in [0.25, 0.3) is 0 Å². The molecule has 0 aromatic carbocycles. The Labute approximate surface area is 79.1 Å². The van der Waals surface area contributed by atoms with Crippen LogP contribution < -0.4 is 0 Å². The summed E-state index contributed by atoms with van der Waals surface area (Å²) >= 11 is 0. The minimum atomic E-state index is -0.968. The first-order valence-electron chi connectivity index (χ1n) is 4.61. The van der Waals surface area contributed by atoms with Crippen LogP contribution in [0.3, 0.4) is 0 Å². The molecule has 3 nitrogen and oxygen atoms in total. The van der Waals surface area contributed by atoms with Gasteiger partial charge in [0.15, 0.2) is 5.78 Å². The normalized spacial score (nSPS) is 16.0. The van der Waals surface area contributed by atoms with Crippen molar-refractivity contribution in [3.8, 4) is 0 Å². The van der Waals surface area contributed by atoms with Crippen molar-refractivity contribution in [2.45, 2.75) is 45.3 Å². The maximum atomic E-state index is 11.0. The molecule has 0 rings (SSSR count). The van der Waals surface area contributed by atoms with Crippen molar-refractivity contribution in [1.82, 2.24) is 0 Å². The summed E-state index contributed by atoms with van der Waals surface area (Å²) in [5, 5.41) is 18.2. The third-order valence-corrected chi connectivity index (χ3v) is 1.71. The molecule has 2 atom stereocenters. The van der Waals surface area contributed by atoms with Gasteiger partial charge in [-0.3, -0.25) is 4.79 Å². The lowest BCUT2D eigenvalue weighted by molar-refractivity contribution is -0.128. The van der Waals surface area contributed by atoms with E-state index in [1.54, 1.807) is 0 Å². The highest BCUT2D eigenvalue weighted by atomic mass is 16.3. The van der Waals surface area contributed by atoms with Gasteiger partial charge in [0.25, 0.3) is 0 Å². The van der Waals surface area contributed by atoms with Gasteiger partial charge in [0.05, 0.1) is 6.10 Å². The zero-order valence-electron chi connectivity index (χ0n) is 8.23. The molecule has 0 saturated heterocycles. The average molecular weight is 186 g/mol. The van der Waals surface area contributed by atoms with E-state index in [-0.39, 0.29) is 12.2 Å². The molecule has 13 heavy (non-hydrogen) atoms. The third-order valence-electron chi connectivity index (χ3n) is 1.71. The van der Waals surface area contributed by atoms with E-state index < -0.39 is 12.2 Å². The molecule has 0 aromatic rings. The van der Waals surface area contributed by atoms with Crippen LogP contribution in [-0.4, -0.2) is 28.2 Å². The Morgan fingerprint density at radius 2 is 2.00 bits per heavy atom. The van der Waals surface area contributed by atoms with Crippen molar-refractivity contribution in [3.63, 3.8) is 0 Å². The highest BCUT2D eigenvalue weighted by Gasteiger charge is 2.13. The Kier molecular flexibility index (Phi) is 6.45. The summed E-state index contributed by atoms with van der Waals surface area (Å²) in [6, 6.07) is 0. The Hall–Kier alpha value is -0.670. The fourth-order valence-electron chi connectivity index (χ4n) is 0.906. The van der Waals surface area contributed by atoms with E-state index in [0.717, 1.165) is 6.42 Å². The number of aliphatic hydroxyl groups is 2. The van der Waals surface area contributed by atoms with Crippen molar-refractivity contribution >= 4 is 5.78 Å². The summed E-state index contributed by atoms with van der Waals surface area (Å²) in [5.74, 6) is -0.308. The number of ketones is 1. The van der Waals surface area contributed by atoms with Gasteiger partial charge in [0, 0.05) is 6.42 Å². The maximum Gasteiger partial charge on any atom is 0.163 e. The van der Waals surface area contributed by atoms with Crippen LogP contribution in [0.5, 0.6) is 0 Å². The summed E-state index contributed by atoms with van der Waals surface area (Å²) in [4.78, 5) is 11.0. The van der Waals surface area contributed by atoms with Crippen LogP contribution in [0.4, 0.5) is 0 Å². The van der Waals surface area contributed by atoms with Crippen molar-refractivity contribution in [2.24, 2.45) is 0 Å². The van der Waals surface area contributed by atoms with E-state index in [9.17, 15) is 9.90 Å². The first-order valence-corrected chi connectivity index (χ1v) is 4.61. The number of aliphatic hydroxyl groups excluding tert-OH is 2. The molecular weight excluding hydrogens is 168 g/mol. The van der Waals surface area contributed by atoms with Crippen molar-refractivity contribution in [2.75, 3.05) is 0 Å². The summed E-state index contributed by atoms with van der Waals surface area (Å²) in [7, 11) is 0. The topological polar surface area (TPSA) is 57.5 Å². The molecule has 0 bridgehead atoms. The number of hydrogen-bond acceptors (Lipinski definition) is 3. The largest absolute Gasteiger partial charge is 0.392 e. The van der Waals surface area contributed by atoms with Gasteiger partial charge in [-0.2, -0.15) is 0 Å². The van der Waals surface area contributed by atoms with Gasteiger partial charge in [-0.25, -0.2) is 0 Å². The predicted molar refractivity (Wildman–Crippen MR) is 51.4 cm³/mol. The molecule has 0 radical (unpaired) electrons. The van der Waals surface area contributed by atoms with E-state index in [1.165, 1.54) is 6.92 Å². The van der Waals surface area contributed by atoms with Gasteiger partial charge < -0.3 is 10.2 Å². The molecule has 0 amide bonds. The monoisotopic (exact) mass is 186 g/mol. The molecule has 0 saturated carbocycles. The molecule has 2 N–H and O–H groups in total. The highest BCUT2D eigenvalue weighted by molar-refractivity contribution is 5.82. The van der Waals surface area contributed by atoms with Crippen LogP contribution in [0.15, 0.2) is 12.2 Å². The van der Waals surface area contributed by atoms with Crippen molar-refractivity contribution < 1.29 is 15.0 Å². The lowest BCUT2D eigenvalue weighted by Crippen LogP contribution is -2.21. The third kappa shape index (κ3) is 6.49. The molecule has 0 spiro atoms. The zero-order valence-corrected chi connectivity index (χ0v) is 8.23. The first kappa shape index (κ1) is 12.3. The molecule has 76 valence electrons. The molecule has 0 aromatic heterocycles. The second kappa shape index (κ2) is 6.80. The Morgan fingerprint density at radius 1 is 1.38 bits per heavy atom. The van der Waals surface area contributed by atoms with Crippen LogP contribution in [0.2, 0.25) is 0 Å². The summed E-state index contributed by atoms with van der Waals surface area (Å²) in [6.45, 7) is 3.42. The Morgan fingerprint density at radius 3 is 2.46 bits per heavy atom. The first-order chi connectivity index (χ1) is 6.07. The summed E-state index contributed by atoms with van der Waals surface area (Å²) in [5.41, 5.74) is 0. The second-order valence-electron chi connectivity index (χ2n) is 3.12. The number of allylic oxidation sites excluding steroid dienone is 1. The molecule has 3 heteroatoms. The minimum absolute atomic E-state index is 0.0335. The second-order valence-corrected chi connectivity index (χ2v) is 3.12. The quantitative estimate of drug-likeness (QED) is 0.609. The fourth-order valence-corrected chi connectivity index (χ4v) is 0.906. The summed E-state index contributed by atoms with van der Waals surface area (Å²) < 4.78 is 0. The van der Waals surface area contributed by atoms with Gasteiger partial charge in [-0.15, -0.1) is 0 Å². The van der Waals surface area contributed by atoms with Crippen LogP contribution in [0.1, 0.15) is 33.1 Å². The Balaban J connectivity index is 3.67. The van der Waals surface area contributed by atoms with E-state index in [0.29, 0.717) is 6.42 Å². The lowest BCUT2D eigenvalue weighted by Gasteiger charge is -2.08. The van der Waals surface area contributed by atoms with E-state index in [1.807, 2.05) is 19.1 Å². The molecule has 0 fully saturated rings. The van der Waals surface area contributed by atoms with Crippen LogP contribution in [-0.2, 0) is 4.79 Å². The molecule has 0 aliphatic rings. The van der Waals surface area contributed by atoms with Crippen molar-refractivity contribution in [1.29, 1.82) is 0 Å². The van der Waals surface area contributed by atoms with Gasteiger partial charge in [-0.05, 0) is 19.8 Å². The standard InChI is InChI=1S/C10H18O3/c1-3-4-5-6-9(12)7-10(13)8(2)11/h4-5,8-9,11-12H,3,6-7H2,1-2H3. The zero-order chi connectivity index (χ0) is 10.3. The van der Waals surface area contributed by atoms with Gasteiger partial charge >= 0.3 is 0 Å². The van der Waals surface area contributed by atoms with Gasteiger partial charge in [-0.1, -0.05) is 19.1 Å². The number of hydrogen-bond donors (Lipinski definition) is 2. The lowest BCUT2D eigenvalue weighted by atomic mass is 10.1. The SMILES string of the molecule is CCC=CCC(O)CC(=O)C(C)O. The minimum Gasteiger partial charge on any atom is -0.392 e. The van der Waals surface area contributed by atoms with Gasteiger partial charge in [0.2, 0.25) is 0 Å². The average Bonchev–Trinajstić information content (AvgIpc) is 2.04. The predicted octanol–water partition coefficient (Wildman–Crippen LogP) is 1.04. The number of carbonyl (C=O) groups excluding carboxylic acids is 1. The molecule has 0 aliphatic heterocycles. The van der Waals surface area contributed by atoms with Crippen LogP contribution in [0, 0.1) is 0 Å². The molecular formula is C10H18O3. The maximum absolute atomic E-state index is 11.0. The highest BCUT2D eigenvalue weighted by Crippen LogP contribution is 2.02. The number of carbonyl (C=O) groups is 1.